The maximum atomic E-state index is 12.4. The van der Waals surface area contributed by atoms with Crippen LogP contribution in [0.25, 0.3) is 11.0 Å². The van der Waals surface area contributed by atoms with E-state index in [1.54, 1.807) is 0 Å². The molecule has 0 amide bonds. The summed E-state index contributed by atoms with van der Waals surface area (Å²) in [7, 11) is 0. The van der Waals surface area contributed by atoms with E-state index in [2.05, 4.69) is 9.97 Å². The number of rotatable bonds is 3. The van der Waals surface area contributed by atoms with Crippen LogP contribution >= 0.6 is 0 Å². The molecule has 1 N–H and O–H groups in total. The molecule has 0 radical (unpaired) electrons. The fraction of sp³-hybridized carbons (Fsp3) is 0.467. The fourth-order valence-corrected chi connectivity index (χ4v) is 2.96. The van der Waals surface area contributed by atoms with E-state index in [0.717, 1.165) is 42.5 Å². The molecule has 1 saturated carbocycles. The summed E-state index contributed by atoms with van der Waals surface area (Å²) >= 11 is 0. The zero-order chi connectivity index (χ0) is 13.3. The van der Waals surface area contributed by atoms with E-state index in [0.29, 0.717) is 6.61 Å². The standard InChI is InChI=1S/C15H18N2O2/c1-2-19-14(18)15(9-5-6-10-15)13-16-11-7-3-4-8-12(11)17-13/h3-4,7-8H,2,5-6,9-10H2,1H3,(H,16,17). The van der Waals surface area contributed by atoms with Crippen LogP contribution in [0.3, 0.4) is 0 Å². The average Bonchev–Trinajstić information content (AvgIpc) is 3.06. The molecule has 1 aliphatic carbocycles. The summed E-state index contributed by atoms with van der Waals surface area (Å²) in [5, 5.41) is 0. The van der Waals surface area contributed by atoms with Gasteiger partial charge in [0.05, 0.1) is 17.6 Å². The topological polar surface area (TPSA) is 55.0 Å². The third kappa shape index (κ3) is 1.91. The summed E-state index contributed by atoms with van der Waals surface area (Å²) in [4.78, 5) is 20.3. The third-order valence-electron chi connectivity index (χ3n) is 3.97. The van der Waals surface area contributed by atoms with Crippen molar-refractivity contribution >= 4 is 17.0 Å². The summed E-state index contributed by atoms with van der Waals surface area (Å²) in [6.07, 6.45) is 3.75. The van der Waals surface area contributed by atoms with Crippen LogP contribution in [-0.2, 0) is 14.9 Å². The number of imidazole rings is 1. The van der Waals surface area contributed by atoms with E-state index in [-0.39, 0.29) is 5.97 Å². The Hall–Kier alpha value is -1.84. The van der Waals surface area contributed by atoms with Gasteiger partial charge >= 0.3 is 5.97 Å². The Morgan fingerprint density at radius 3 is 2.79 bits per heavy atom. The van der Waals surface area contributed by atoms with E-state index in [1.165, 1.54) is 0 Å². The molecule has 2 aromatic rings. The molecule has 1 aromatic carbocycles. The minimum absolute atomic E-state index is 0.133. The lowest BCUT2D eigenvalue weighted by atomic mass is 9.85. The normalized spacial score (nSPS) is 17.7. The van der Waals surface area contributed by atoms with Crippen LogP contribution in [0.1, 0.15) is 38.4 Å². The second kappa shape index (κ2) is 4.68. The Morgan fingerprint density at radius 2 is 2.11 bits per heavy atom. The highest BCUT2D eigenvalue weighted by Gasteiger charge is 2.46. The number of nitrogens with zero attached hydrogens (tertiary/aromatic N) is 1. The van der Waals surface area contributed by atoms with Crippen molar-refractivity contribution < 1.29 is 9.53 Å². The number of aromatic amines is 1. The van der Waals surface area contributed by atoms with Gasteiger partial charge in [0.25, 0.3) is 0 Å². The van der Waals surface area contributed by atoms with Crippen LogP contribution < -0.4 is 0 Å². The van der Waals surface area contributed by atoms with Crippen LogP contribution in [0, 0.1) is 0 Å². The van der Waals surface area contributed by atoms with Gasteiger partial charge in [-0.15, -0.1) is 0 Å². The Labute approximate surface area is 112 Å². The molecule has 100 valence electrons. The molecular weight excluding hydrogens is 240 g/mol. The van der Waals surface area contributed by atoms with Crippen molar-refractivity contribution in [2.24, 2.45) is 0 Å². The lowest BCUT2D eigenvalue weighted by Gasteiger charge is -2.23. The first kappa shape index (κ1) is 12.2. The second-order valence-corrected chi connectivity index (χ2v) is 5.11. The van der Waals surface area contributed by atoms with Crippen LogP contribution in [0.5, 0.6) is 0 Å². The monoisotopic (exact) mass is 258 g/mol. The van der Waals surface area contributed by atoms with E-state index in [1.807, 2.05) is 31.2 Å². The van der Waals surface area contributed by atoms with Crippen molar-refractivity contribution in [3.8, 4) is 0 Å². The summed E-state index contributed by atoms with van der Waals surface area (Å²) < 4.78 is 5.28. The number of hydrogen-bond acceptors (Lipinski definition) is 3. The van der Waals surface area contributed by atoms with Crippen LogP contribution in [0.15, 0.2) is 24.3 Å². The predicted octanol–water partition coefficient (Wildman–Crippen LogP) is 2.94. The largest absolute Gasteiger partial charge is 0.465 e. The molecule has 1 aliphatic rings. The minimum atomic E-state index is -0.560. The lowest BCUT2D eigenvalue weighted by molar-refractivity contribution is -0.150. The Kier molecular flexibility index (Phi) is 3.01. The number of carbonyl (C=O) groups is 1. The highest BCUT2D eigenvalue weighted by molar-refractivity contribution is 5.84. The molecule has 19 heavy (non-hydrogen) atoms. The molecule has 1 fully saturated rings. The molecule has 3 rings (SSSR count). The van der Waals surface area contributed by atoms with Gasteiger partial charge < -0.3 is 9.72 Å². The Morgan fingerprint density at radius 1 is 1.37 bits per heavy atom. The number of nitrogens with one attached hydrogen (secondary N) is 1. The number of para-hydroxylation sites is 2. The summed E-state index contributed by atoms with van der Waals surface area (Å²) in [5.74, 6) is 0.635. The summed E-state index contributed by atoms with van der Waals surface area (Å²) in [5.41, 5.74) is 1.33. The molecule has 1 heterocycles. The third-order valence-corrected chi connectivity index (χ3v) is 3.97. The van der Waals surface area contributed by atoms with Crippen LogP contribution in [0.4, 0.5) is 0 Å². The van der Waals surface area contributed by atoms with Gasteiger partial charge in [0.2, 0.25) is 0 Å². The van der Waals surface area contributed by atoms with Crippen molar-refractivity contribution in [1.29, 1.82) is 0 Å². The zero-order valence-corrected chi connectivity index (χ0v) is 11.1. The maximum Gasteiger partial charge on any atom is 0.319 e. The van der Waals surface area contributed by atoms with Gasteiger partial charge in [0, 0.05) is 0 Å². The highest BCUT2D eigenvalue weighted by atomic mass is 16.5. The van der Waals surface area contributed by atoms with Crippen molar-refractivity contribution in [2.75, 3.05) is 6.61 Å². The van der Waals surface area contributed by atoms with Crippen molar-refractivity contribution in [2.45, 2.75) is 38.0 Å². The number of fused-ring (bicyclic) bond motifs is 1. The van der Waals surface area contributed by atoms with E-state index < -0.39 is 5.41 Å². The number of esters is 1. The van der Waals surface area contributed by atoms with Gasteiger partial charge in [-0.25, -0.2) is 4.98 Å². The number of aromatic nitrogens is 2. The molecule has 4 nitrogen and oxygen atoms in total. The molecule has 0 saturated heterocycles. The fourth-order valence-electron chi connectivity index (χ4n) is 2.96. The number of ether oxygens (including phenoxy) is 1. The molecule has 0 unspecified atom stereocenters. The van der Waals surface area contributed by atoms with Crippen LogP contribution in [0.2, 0.25) is 0 Å². The van der Waals surface area contributed by atoms with E-state index >= 15 is 0 Å². The van der Waals surface area contributed by atoms with Crippen molar-refractivity contribution in [3.05, 3.63) is 30.1 Å². The van der Waals surface area contributed by atoms with Gasteiger partial charge in [0.15, 0.2) is 0 Å². The van der Waals surface area contributed by atoms with Gasteiger partial charge in [-0.05, 0) is 31.9 Å². The van der Waals surface area contributed by atoms with Gasteiger partial charge in [-0.2, -0.15) is 0 Å². The molecule has 1 aromatic heterocycles. The second-order valence-electron chi connectivity index (χ2n) is 5.11. The molecule has 0 spiro atoms. The summed E-state index contributed by atoms with van der Waals surface area (Å²) in [6, 6.07) is 7.87. The first-order chi connectivity index (χ1) is 9.26. The van der Waals surface area contributed by atoms with Gasteiger partial charge in [-0.3, -0.25) is 4.79 Å². The summed E-state index contributed by atoms with van der Waals surface area (Å²) in [6.45, 7) is 2.26. The molecule has 0 bridgehead atoms. The smallest absolute Gasteiger partial charge is 0.319 e. The maximum absolute atomic E-state index is 12.4. The number of H-pyrrole nitrogens is 1. The minimum Gasteiger partial charge on any atom is -0.465 e. The van der Waals surface area contributed by atoms with E-state index in [4.69, 9.17) is 4.74 Å². The highest BCUT2D eigenvalue weighted by Crippen LogP contribution is 2.41. The molecular formula is C15H18N2O2. The lowest BCUT2D eigenvalue weighted by Crippen LogP contribution is -2.35. The first-order valence-electron chi connectivity index (χ1n) is 6.89. The molecule has 0 aliphatic heterocycles. The molecule has 0 atom stereocenters. The quantitative estimate of drug-likeness (QED) is 0.861. The van der Waals surface area contributed by atoms with Crippen molar-refractivity contribution in [1.82, 2.24) is 9.97 Å². The molecule has 4 heteroatoms. The van der Waals surface area contributed by atoms with Gasteiger partial charge in [-0.1, -0.05) is 25.0 Å². The number of benzene rings is 1. The Balaban J connectivity index is 2.06. The number of carbonyl (C=O) groups excluding carboxylic acids is 1. The zero-order valence-electron chi connectivity index (χ0n) is 11.1. The number of hydrogen-bond donors (Lipinski definition) is 1. The van der Waals surface area contributed by atoms with Crippen LogP contribution in [-0.4, -0.2) is 22.5 Å². The first-order valence-corrected chi connectivity index (χ1v) is 6.89. The SMILES string of the molecule is CCOC(=O)C1(c2nc3ccccc3[nH]2)CCCC1. The average molecular weight is 258 g/mol. The van der Waals surface area contributed by atoms with E-state index in [9.17, 15) is 4.79 Å². The van der Waals surface area contributed by atoms with Gasteiger partial charge in [0.1, 0.15) is 11.2 Å². The predicted molar refractivity (Wildman–Crippen MR) is 72.9 cm³/mol. The van der Waals surface area contributed by atoms with Crippen molar-refractivity contribution in [3.63, 3.8) is 0 Å². The Bertz CT molecular complexity index is 564.